The van der Waals surface area contributed by atoms with Gasteiger partial charge in [0.15, 0.2) is 10.7 Å². The highest BCUT2D eigenvalue weighted by Gasteiger charge is 2.39. The number of nitrogens with zero attached hydrogens (tertiary/aromatic N) is 1. The molecule has 2 N–H and O–H groups in total. The maximum atomic E-state index is 11.9. The van der Waals surface area contributed by atoms with Crippen molar-refractivity contribution in [2.45, 2.75) is 32.3 Å². The van der Waals surface area contributed by atoms with Crippen molar-refractivity contribution in [3.63, 3.8) is 0 Å². The van der Waals surface area contributed by atoms with Gasteiger partial charge in [-0.2, -0.15) is 11.8 Å². The molecule has 1 aliphatic rings. The molecule has 0 aromatic carbocycles. The summed E-state index contributed by atoms with van der Waals surface area (Å²) in [6, 6.07) is 0. The number of rotatable bonds is 3. The van der Waals surface area contributed by atoms with Crippen molar-refractivity contribution in [1.29, 1.82) is 0 Å². The van der Waals surface area contributed by atoms with E-state index in [1.807, 2.05) is 13.8 Å². The number of anilines is 1. The second kappa shape index (κ2) is 4.96. The zero-order valence-corrected chi connectivity index (χ0v) is 11.6. The first-order valence-electron chi connectivity index (χ1n) is 5.63. The van der Waals surface area contributed by atoms with E-state index >= 15 is 0 Å². The van der Waals surface area contributed by atoms with Crippen LogP contribution in [0.15, 0.2) is 0 Å². The van der Waals surface area contributed by atoms with E-state index in [4.69, 9.17) is 0 Å². The van der Waals surface area contributed by atoms with Gasteiger partial charge in [-0.15, -0.1) is 11.3 Å². The van der Waals surface area contributed by atoms with Gasteiger partial charge in [0.05, 0.1) is 5.69 Å². The van der Waals surface area contributed by atoms with Crippen LogP contribution in [-0.2, 0) is 11.2 Å². The Morgan fingerprint density at radius 1 is 1.65 bits per heavy atom. The van der Waals surface area contributed by atoms with Crippen molar-refractivity contribution in [2.75, 3.05) is 16.8 Å². The summed E-state index contributed by atoms with van der Waals surface area (Å²) in [4.78, 5) is 17.4. The first-order chi connectivity index (χ1) is 8.05. The fourth-order valence-corrected chi connectivity index (χ4v) is 3.89. The van der Waals surface area contributed by atoms with Gasteiger partial charge >= 0.3 is 0 Å². The molecular weight excluding hydrogens is 256 g/mol. The Labute approximate surface area is 109 Å². The van der Waals surface area contributed by atoms with Gasteiger partial charge in [-0.3, -0.25) is 10.1 Å². The molecule has 2 rings (SSSR count). The molecule has 1 aliphatic heterocycles. The molecule has 2 heterocycles. The molecule has 17 heavy (non-hydrogen) atoms. The Morgan fingerprint density at radius 3 is 2.94 bits per heavy atom. The Balaban J connectivity index is 2.07. The Morgan fingerprint density at radius 2 is 2.41 bits per heavy atom. The number of nitrogens with one attached hydrogen (secondary N) is 1. The van der Waals surface area contributed by atoms with E-state index in [9.17, 15) is 9.90 Å². The van der Waals surface area contributed by atoms with Gasteiger partial charge in [-0.1, -0.05) is 6.92 Å². The van der Waals surface area contributed by atoms with Gasteiger partial charge in [0.2, 0.25) is 0 Å². The van der Waals surface area contributed by atoms with Crippen molar-refractivity contribution in [2.24, 2.45) is 0 Å². The van der Waals surface area contributed by atoms with E-state index in [-0.39, 0.29) is 5.91 Å². The molecule has 0 saturated carbocycles. The minimum absolute atomic E-state index is 0.320. The summed E-state index contributed by atoms with van der Waals surface area (Å²) < 4.78 is 0. The van der Waals surface area contributed by atoms with Crippen LogP contribution in [0.1, 0.15) is 23.9 Å². The number of hydrogen-bond acceptors (Lipinski definition) is 5. The molecule has 0 aliphatic carbocycles. The Kier molecular flexibility index (Phi) is 3.75. The SMILES string of the molecule is CCc1nc(NC(=O)C2(O)CCSC2)sc1C. The minimum atomic E-state index is -1.21. The van der Waals surface area contributed by atoms with Crippen LogP contribution in [0.3, 0.4) is 0 Å². The second-order valence-corrected chi connectivity index (χ2v) is 6.47. The number of aliphatic hydroxyl groups is 1. The van der Waals surface area contributed by atoms with E-state index in [0.29, 0.717) is 17.3 Å². The number of hydrogen-bond donors (Lipinski definition) is 2. The molecule has 1 amide bonds. The van der Waals surface area contributed by atoms with Gasteiger partial charge in [-0.05, 0) is 25.5 Å². The Hall–Kier alpha value is -0.590. The summed E-state index contributed by atoms with van der Waals surface area (Å²) in [5.41, 5.74) is -0.200. The molecule has 1 saturated heterocycles. The summed E-state index contributed by atoms with van der Waals surface area (Å²) in [6.45, 7) is 4.03. The third kappa shape index (κ3) is 2.64. The second-order valence-electron chi connectivity index (χ2n) is 4.16. The molecule has 94 valence electrons. The van der Waals surface area contributed by atoms with Crippen LogP contribution >= 0.6 is 23.1 Å². The van der Waals surface area contributed by atoms with Gasteiger partial charge in [-0.25, -0.2) is 4.98 Å². The lowest BCUT2D eigenvalue weighted by atomic mass is 10.0. The van der Waals surface area contributed by atoms with E-state index < -0.39 is 5.60 Å². The fourth-order valence-electron chi connectivity index (χ4n) is 1.76. The molecule has 6 heteroatoms. The lowest BCUT2D eigenvalue weighted by molar-refractivity contribution is -0.131. The number of carbonyl (C=O) groups is 1. The van der Waals surface area contributed by atoms with E-state index in [1.165, 1.54) is 11.3 Å². The van der Waals surface area contributed by atoms with E-state index in [1.54, 1.807) is 11.8 Å². The molecule has 1 aromatic rings. The maximum Gasteiger partial charge on any atom is 0.259 e. The standard InChI is InChI=1S/C11H16N2O2S2/c1-3-8-7(2)17-10(12-8)13-9(14)11(15)4-5-16-6-11/h15H,3-6H2,1-2H3,(H,12,13,14). The summed E-state index contributed by atoms with van der Waals surface area (Å²) in [5.74, 6) is 0.990. The van der Waals surface area contributed by atoms with Crippen molar-refractivity contribution in [1.82, 2.24) is 4.98 Å². The summed E-state index contributed by atoms with van der Waals surface area (Å²) >= 11 is 3.07. The van der Waals surface area contributed by atoms with Crippen LogP contribution in [0.25, 0.3) is 0 Å². The number of carbonyl (C=O) groups excluding carboxylic acids is 1. The monoisotopic (exact) mass is 272 g/mol. The van der Waals surface area contributed by atoms with E-state index in [0.717, 1.165) is 22.7 Å². The summed E-state index contributed by atoms with van der Waals surface area (Å²) in [5, 5.41) is 13.4. The summed E-state index contributed by atoms with van der Waals surface area (Å²) in [6.07, 6.45) is 1.38. The number of amides is 1. The van der Waals surface area contributed by atoms with Gasteiger partial charge < -0.3 is 5.11 Å². The topological polar surface area (TPSA) is 62.2 Å². The zero-order chi connectivity index (χ0) is 12.5. The van der Waals surface area contributed by atoms with Crippen molar-refractivity contribution in [3.8, 4) is 0 Å². The highest BCUT2D eigenvalue weighted by Crippen LogP contribution is 2.30. The van der Waals surface area contributed by atoms with Crippen LogP contribution < -0.4 is 5.32 Å². The van der Waals surface area contributed by atoms with Crippen molar-refractivity contribution < 1.29 is 9.90 Å². The molecule has 1 aromatic heterocycles. The van der Waals surface area contributed by atoms with Crippen LogP contribution in [0, 0.1) is 6.92 Å². The molecule has 1 atom stereocenters. The number of aromatic nitrogens is 1. The third-order valence-corrected chi connectivity index (χ3v) is 4.97. The minimum Gasteiger partial charge on any atom is -0.379 e. The maximum absolute atomic E-state index is 11.9. The van der Waals surface area contributed by atoms with E-state index in [2.05, 4.69) is 10.3 Å². The molecule has 1 fully saturated rings. The van der Waals surface area contributed by atoms with Crippen LogP contribution in [0.2, 0.25) is 0 Å². The smallest absolute Gasteiger partial charge is 0.259 e. The van der Waals surface area contributed by atoms with Crippen LogP contribution in [0.4, 0.5) is 5.13 Å². The molecule has 0 radical (unpaired) electrons. The number of thiazole rings is 1. The average Bonchev–Trinajstić information content (AvgIpc) is 2.86. The fraction of sp³-hybridized carbons (Fsp3) is 0.636. The first kappa shape index (κ1) is 12.9. The van der Waals surface area contributed by atoms with Crippen LogP contribution in [-0.4, -0.2) is 33.1 Å². The average molecular weight is 272 g/mol. The third-order valence-electron chi connectivity index (χ3n) is 2.87. The van der Waals surface area contributed by atoms with Crippen LogP contribution in [0.5, 0.6) is 0 Å². The Bertz CT molecular complexity index is 425. The molecular formula is C11H16N2O2S2. The highest BCUT2D eigenvalue weighted by atomic mass is 32.2. The zero-order valence-electron chi connectivity index (χ0n) is 9.95. The molecule has 4 nitrogen and oxygen atoms in total. The first-order valence-corrected chi connectivity index (χ1v) is 7.60. The number of thioether (sulfide) groups is 1. The summed E-state index contributed by atoms with van der Waals surface area (Å²) in [7, 11) is 0. The van der Waals surface area contributed by atoms with Crippen molar-refractivity contribution in [3.05, 3.63) is 10.6 Å². The predicted molar refractivity (Wildman–Crippen MR) is 71.8 cm³/mol. The van der Waals surface area contributed by atoms with Gasteiger partial charge in [0.1, 0.15) is 0 Å². The normalized spacial score (nSPS) is 23.9. The lowest BCUT2D eigenvalue weighted by Gasteiger charge is -2.18. The molecule has 1 unspecified atom stereocenters. The predicted octanol–water partition coefficient (Wildman–Crippen LogP) is 1.82. The molecule has 0 bridgehead atoms. The van der Waals surface area contributed by atoms with Crippen molar-refractivity contribution >= 4 is 34.1 Å². The van der Waals surface area contributed by atoms with Gasteiger partial charge in [0.25, 0.3) is 5.91 Å². The largest absolute Gasteiger partial charge is 0.379 e. The lowest BCUT2D eigenvalue weighted by Crippen LogP contribution is -2.42. The quantitative estimate of drug-likeness (QED) is 0.881. The van der Waals surface area contributed by atoms with Gasteiger partial charge in [0, 0.05) is 10.6 Å². The molecule has 0 spiro atoms. The highest BCUT2D eigenvalue weighted by molar-refractivity contribution is 7.99. The number of aryl methyl sites for hydroxylation is 2.